The van der Waals surface area contributed by atoms with Gasteiger partial charge in [0.25, 0.3) is 0 Å². The van der Waals surface area contributed by atoms with Crippen molar-refractivity contribution in [3.8, 4) is 6.07 Å². The number of anilines is 2. The summed E-state index contributed by atoms with van der Waals surface area (Å²) >= 11 is 0. The maximum absolute atomic E-state index is 11.1. The molecular formula is C12H11N7O2. The van der Waals surface area contributed by atoms with Crippen molar-refractivity contribution >= 4 is 17.3 Å². The molecule has 0 spiro atoms. The fourth-order valence-corrected chi connectivity index (χ4v) is 1.72. The first-order chi connectivity index (χ1) is 10.2. The van der Waals surface area contributed by atoms with Crippen molar-refractivity contribution in [1.29, 1.82) is 5.26 Å². The third-order valence-corrected chi connectivity index (χ3v) is 2.66. The van der Waals surface area contributed by atoms with Gasteiger partial charge < -0.3 is 10.7 Å². The minimum absolute atomic E-state index is 0.0466. The number of hydrogen-bond donors (Lipinski definition) is 3. The van der Waals surface area contributed by atoms with Crippen LogP contribution in [0.2, 0.25) is 0 Å². The van der Waals surface area contributed by atoms with Crippen LogP contribution in [0, 0.1) is 21.4 Å². The topological polar surface area (TPSA) is 143 Å². The van der Waals surface area contributed by atoms with Gasteiger partial charge in [-0.1, -0.05) is 12.1 Å². The van der Waals surface area contributed by atoms with Crippen LogP contribution in [0.4, 0.5) is 17.3 Å². The highest BCUT2D eigenvalue weighted by molar-refractivity contribution is 5.68. The Morgan fingerprint density at radius 1 is 1.38 bits per heavy atom. The molecule has 0 aliphatic heterocycles. The molecule has 0 radical (unpaired) electrons. The van der Waals surface area contributed by atoms with Gasteiger partial charge in [-0.05, 0) is 17.7 Å². The molecule has 0 aliphatic rings. The van der Waals surface area contributed by atoms with Gasteiger partial charge in [-0.3, -0.25) is 10.1 Å². The Morgan fingerprint density at radius 3 is 2.81 bits per heavy atom. The normalized spacial score (nSPS) is 9.71. The highest BCUT2D eigenvalue weighted by Gasteiger charge is 2.22. The zero-order valence-electron chi connectivity index (χ0n) is 10.8. The lowest BCUT2D eigenvalue weighted by atomic mass is 10.1. The van der Waals surface area contributed by atoms with E-state index in [0.717, 1.165) is 11.9 Å². The molecule has 4 N–H and O–H groups in total. The fourth-order valence-electron chi connectivity index (χ4n) is 1.72. The predicted octanol–water partition coefficient (Wildman–Crippen LogP) is 1.15. The molecule has 0 fully saturated rings. The highest BCUT2D eigenvalue weighted by atomic mass is 16.6. The molecule has 2 rings (SSSR count). The van der Waals surface area contributed by atoms with E-state index >= 15 is 0 Å². The van der Waals surface area contributed by atoms with Crippen LogP contribution in [0.15, 0.2) is 30.6 Å². The Morgan fingerprint density at radius 2 is 2.14 bits per heavy atom. The van der Waals surface area contributed by atoms with Gasteiger partial charge in [-0.2, -0.15) is 5.26 Å². The van der Waals surface area contributed by atoms with Gasteiger partial charge in [0.1, 0.15) is 6.33 Å². The summed E-state index contributed by atoms with van der Waals surface area (Å²) < 4.78 is 0. The molecule has 0 saturated carbocycles. The molecule has 9 heteroatoms. The molecule has 0 unspecified atom stereocenters. The second kappa shape index (κ2) is 6.27. The van der Waals surface area contributed by atoms with E-state index < -0.39 is 4.92 Å². The monoisotopic (exact) mass is 285 g/mol. The van der Waals surface area contributed by atoms with Crippen molar-refractivity contribution in [3.05, 3.63) is 51.8 Å². The zero-order chi connectivity index (χ0) is 15.2. The number of nitrogens with zero attached hydrogens (tertiary/aromatic N) is 4. The van der Waals surface area contributed by atoms with Crippen LogP contribution in [0.5, 0.6) is 0 Å². The van der Waals surface area contributed by atoms with Crippen molar-refractivity contribution in [2.45, 2.75) is 6.54 Å². The number of rotatable bonds is 5. The van der Waals surface area contributed by atoms with E-state index in [4.69, 9.17) is 11.1 Å². The Bertz CT molecular complexity index is 711. The highest BCUT2D eigenvalue weighted by Crippen LogP contribution is 2.28. The van der Waals surface area contributed by atoms with Gasteiger partial charge in [0.15, 0.2) is 0 Å². The van der Waals surface area contributed by atoms with E-state index in [1.165, 1.54) is 0 Å². The van der Waals surface area contributed by atoms with Crippen LogP contribution < -0.4 is 16.6 Å². The molecule has 0 aliphatic carbocycles. The van der Waals surface area contributed by atoms with Gasteiger partial charge in [-0.15, -0.1) is 0 Å². The number of benzene rings is 1. The lowest BCUT2D eigenvalue weighted by Crippen LogP contribution is -2.13. The predicted molar refractivity (Wildman–Crippen MR) is 75.0 cm³/mol. The number of hydrogen-bond acceptors (Lipinski definition) is 8. The van der Waals surface area contributed by atoms with E-state index in [2.05, 4.69) is 20.7 Å². The smallest absolute Gasteiger partial charge is 0.354 e. The van der Waals surface area contributed by atoms with Crippen molar-refractivity contribution in [1.82, 2.24) is 9.97 Å². The largest absolute Gasteiger partial charge is 0.360 e. The Kier molecular flexibility index (Phi) is 4.23. The van der Waals surface area contributed by atoms with E-state index in [1.54, 1.807) is 24.3 Å². The first-order valence-electron chi connectivity index (χ1n) is 5.84. The van der Waals surface area contributed by atoms with Crippen molar-refractivity contribution in [2.75, 3.05) is 10.7 Å². The summed E-state index contributed by atoms with van der Waals surface area (Å²) in [5.41, 5.74) is 3.13. The van der Waals surface area contributed by atoms with E-state index in [-0.39, 0.29) is 23.9 Å². The summed E-state index contributed by atoms with van der Waals surface area (Å²) in [5.74, 6) is 5.16. The fraction of sp³-hybridized carbons (Fsp3) is 0.0833. The molecule has 9 nitrogen and oxygen atoms in total. The molecule has 2 aromatic rings. The number of aromatic nitrogens is 2. The number of nitro groups is 1. The van der Waals surface area contributed by atoms with Crippen LogP contribution in [0.3, 0.4) is 0 Å². The molecule has 0 bridgehead atoms. The molecule has 0 atom stereocenters. The molecule has 21 heavy (non-hydrogen) atoms. The quantitative estimate of drug-likeness (QED) is 0.421. The Labute approximate surface area is 119 Å². The third kappa shape index (κ3) is 3.20. The third-order valence-electron chi connectivity index (χ3n) is 2.66. The molecule has 1 aromatic carbocycles. The van der Waals surface area contributed by atoms with Crippen LogP contribution in [0.1, 0.15) is 11.1 Å². The Balaban J connectivity index is 2.24. The van der Waals surface area contributed by atoms with Crippen LogP contribution in [0.25, 0.3) is 0 Å². The van der Waals surface area contributed by atoms with Crippen molar-refractivity contribution in [2.24, 2.45) is 5.84 Å². The van der Waals surface area contributed by atoms with Crippen LogP contribution in [-0.2, 0) is 6.54 Å². The van der Waals surface area contributed by atoms with Crippen LogP contribution >= 0.6 is 0 Å². The summed E-state index contributed by atoms with van der Waals surface area (Å²) in [6.45, 7) is 0.275. The zero-order valence-corrected chi connectivity index (χ0v) is 10.8. The summed E-state index contributed by atoms with van der Waals surface area (Å²) in [6, 6.07) is 8.91. The molecule has 1 heterocycles. The van der Waals surface area contributed by atoms with Crippen LogP contribution in [-0.4, -0.2) is 14.9 Å². The number of nitrogens with two attached hydrogens (primary N) is 1. The number of hydrazine groups is 1. The van der Waals surface area contributed by atoms with E-state index in [9.17, 15) is 10.1 Å². The first-order valence-corrected chi connectivity index (χ1v) is 5.84. The average molecular weight is 285 g/mol. The van der Waals surface area contributed by atoms with Gasteiger partial charge in [-0.25, -0.2) is 15.8 Å². The van der Waals surface area contributed by atoms with Gasteiger partial charge >= 0.3 is 5.69 Å². The van der Waals surface area contributed by atoms with Gasteiger partial charge in [0, 0.05) is 6.54 Å². The second-order valence-electron chi connectivity index (χ2n) is 3.99. The maximum Gasteiger partial charge on any atom is 0.354 e. The molecule has 0 saturated heterocycles. The Hall–Kier alpha value is -3.25. The SMILES string of the molecule is N#Cc1cccc(CNc2ncnc(NN)c2[N+](=O)[O-])c1. The van der Waals surface area contributed by atoms with Crippen molar-refractivity contribution in [3.63, 3.8) is 0 Å². The lowest BCUT2D eigenvalue weighted by molar-refractivity contribution is -0.383. The lowest BCUT2D eigenvalue weighted by Gasteiger charge is -2.08. The summed E-state index contributed by atoms with van der Waals surface area (Å²) in [6.07, 6.45) is 1.16. The molecule has 106 valence electrons. The maximum atomic E-state index is 11.1. The van der Waals surface area contributed by atoms with Gasteiger partial charge in [0.05, 0.1) is 16.6 Å². The second-order valence-corrected chi connectivity index (χ2v) is 3.99. The minimum Gasteiger partial charge on any atom is -0.360 e. The first kappa shape index (κ1) is 14.2. The standard InChI is InChI=1S/C12H11N7O2/c13-5-8-2-1-3-9(4-8)6-15-11-10(19(20)21)12(18-14)17-7-16-11/h1-4,7H,6,14H2,(H2,15,16,17,18). The summed E-state index contributed by atoms with van der Waals surface area (Å²) in [7, 11) is 0. The molecule has 0 amide bonds. The summed E-state index contributed by atoms with van der Waals surface area (Å²) in [5, 5.41) is 22.7. The number of nitrogen functional groups attached to an aromatic ring is 1. The number of nitriles is 1. The number of nitrogens with one attached hydrogen (secondary N) is 2. The van der Waals surface area contributed by atoms with Crippen molar-refractivity contribution < 1.29 is 4.92 Å². The van der Waals surface area contributed by atoms with E-state index in [0.29, 0.717) is 5.56 Å². The molecular weight excluding hydrogens is 274 g/mol. The summed E-state index contributed by atoms with van der Waals surface area (Å²) in [4.78, 5) is 18.0. The molecule has 1 aromatic heterocycles. The minimum atomic E-state index is -0.622. The van der Waals surface area contributed by atoms with Gasteiger partial charge in [0.2, 0.25) is 11.6 Å². The van der Waals surface area contributed by atoms with E-state index in [1.807, 2.05) is 6.07 Å². The average Bonchev–Trinajstić information content (AvgIpc) is 2.52.